The number of amides is 1. The van der Waals surface area contributed by atoms with E-state index in [4.69, 9.17) is 15.6 Å². The summed E-state index contributed by atoms with van der Waals surface area (Å²) in [5, 5.41) is 24.0. The van der Waals surface area contributed by atoms with Gasteiger partial charge in [0.1, 0.15) is 5.75 Å². The van der Waals surface area contributed by atoms with Gasteiger partial charge in [0.15, 0.2) is 11.6 Å². The summed E-state index contributed by atoms with van der Waals surface area (Å²) in [5.74, 6) is -3.72. The number of carbonyl (C=O) groups excluding carboxylic acids is 3. The third-order valence-electron chi connectivity index (χ3n) is 7.36. The van der Waals surface area contributed by atoms with Gasteiger partial charge >= 0.3 is 12.1 Å². The van der Waals surface area contributed by atoms with Gasteiger partial charge in [-0.1, -0.05) is 54.6 Å². The van der Waals surface area contributed by atoms with E-state index in [1.54, 1.807) is 30.3 Å². The van der Waals surface area contributed by atoms with Crippen LogP contribution in [0.25, 0.3) is 0 Å². The lowest BCUT2D eigenvalue weighted by atomic mass is 9.82. The Bertz CT molecular complexity index is 1520. The summed E-state index contributed by atoms with van der Waals surface area (Å²) in [5.41, 5.74) is 8.64. The summed E-state index contributed by atoms with van der Waals surface area (Å²) in [7, 11) is 0. The highest BCUT2D eigenvalue weighted by Crippen LogP contribution is 2.38. The van der Waals surface area contributed by atoms with Gasteiger partial charge in [-0.05, 0) is 49.8 Å². The number of rotatable bonds is 6. The van der Waals surface area contributed by atoms with Crippen molar-refractivity contribution in [2.24, 2.45) is 5.73 Å². The Labute approximate surface area is 244 Å². The largest absolute Gasteiger partial charge is 0.507 e. The number of alkyl halides is 3. The van der Waals surface area contributed by atoms with E-state index in [0.717, 1.165) is 31.2 Å². The summed E-state index contributed by atoms with van der Waals surface area (Å²) in [4.78, 5) is 47.8. The van der Waals surface area contributed by atoms with Gasteiger partial charge in [0.25, 0.3) is 0 Å². The Hall–Kier alpha value is -4.71. The lowest BCUT2D eigenvalue weighted by Crippen LogP contribution is -2.48. The van der Waals surface area contributed by atoms with E-state index in [9.17, 15) is 32.7 Å². The molecule has 0 radical (unpaired) electrons. The first-order valence-electron chi connectivity index (χ1n) is 13.6. The van der Waals surface area contributed by atoms with Gasteiger partial charge in [0, 0.05) is 28.9 Å². The first kappa shape index (κ1) is 31.2. The van der Waals surface area contributed by atoms with Gasteiger partial charge in [-0.2, -0.15) is 13.2 Å². The number of benzene rings is 3. The van der Waals surface area contributed by atoms with Crippen molar-refractivity contribution in [1.82, 2.24) is 5.32 Å². The number of hydrogen-bond donors (Lipinski definition) is 5. The molecule has 3 aromatic rings. The summed E-state index contributed by atoms with van der Waals surface area (Å²) < 4.78 is 31.7. The molecule has 43 heavy (non-hydrogen) atoms. The van der Waals surface area contributed by atoms with Crippen LogP contribution >= 0.6 is 0 Å². The fraction of sp³-hybridized carbons (Fsp3) is 0.290. The van der Waals surface area contributed by atoms with Crippen LogP contribution in [0, 0.1) is 0 Å². The smallest absolute Gasteiger partial charge is 0.490 e. The third-order valence-corrected chi connectivity index (χ3v) is 7.36. The minimum absolute atomic E-state index is 0.0428. The molecule has 0 unspecified atom stereocenters. The van der Waals surface area contributed by atoms with E-state index in [1.165, 1.54) is 6.07 Å². The Morgan fingerprint density at radius 3 is 1.91 bits per heavy atom. The molecule has 2 aliphatic rings. The molecule has 1 saturated carbocycles. The van der Waals surface area contributed by atoms with E-state index in [0.29, 0.717) is 23.2 Å². The molecule has 0 saturated heterocycles. The molecule has 9 nitrogen and oxygen atoms in total. The zero-order valence-corrected chi connectivity index (χ0v) is 22.9. The number of ketones is 2. The SMILES string of the molecule is N[C@@H](Cc1ccccc1)C(=O)NC1CCC(Nc2ccc(O)c3c2C(=O)c2ccccc2C3=O)CC1.O=C(O)C(F)(F)F. The molecule has 2 aliphatic carbocycles. The molecule has 1 fully saturated rings. The minimum Gasteiger partial charge on any atom is -0.507 e. The van der Waals surface area contributed by atoms with Crippen LogP contribution in [0.1, 0.15) is 63.1 Å². The van der Waals surface area contributed by atoms with Crippen molar-refractivity contribution in [1.29, 1.82) is 0 Å². The van der Waals surface area contributed by atoms with Gasteiger partial charge in [-0.3, -0.25) is 14.4 Å². The number of hydrogen-bond acceptors (Lipinski definition) is 7. The average Bonchev–Trinajstić information content (AvgIpc) is 2.98. The first-order chi connectivity index (χ1) is 20.4. The molecule has 6 N–H and O–H groups in total. The molecule has 226 valence electrons. The second-order valence-corrected chi connectivity index (χ2v) is 10.4. The molecule has 12 heteroatoms. The number of aliphatic carboxylic acids is 1. The number of phenols is 1. The molecular weight excluding hydrogens is 567 g/mol. The Balaban J connectivity index is 0.000000541. The molecule has 0 bridgehead atoms. The maximum atomic E-state index is 13.3. The van der Waals surface area contributed by atoms with Gasteiger partial charge in [-0.15, -0.1) is 0 Å². The monoisotopic (exact) mass is 597 g/mol. The fourth-order valence-corrected chi connectivity index (χ4v) is 5.20. The topological polar surface area (TPSA) is 159 Å². The van der Waals surface area contributed by atoms with Crippen LogP contribution in [0.2, 0.25) is 0 Å². The number of carbonyl (C=O) groups is 4. The normalized spacial score (nSPS) is 18.3. The molecule has 3 aromatic carbocycles. The third kappa shape index (κ3) is 7.39. The van der Waals surface area contributed by atoms with Crippen LogP contribution in [-0.2, 0) is 16.0 Å². The number of anilines is 1. The van der Waals surface area contributed by atoms with E-state index < -0.39 is 18.2 Å². The maximum absolute atomic E-state index is 13.3. The summed E-state index contributed by atoms with van der Waals surface area (Å²) in [6.07, 6.45) is -1.47. The Morgan fingerprint density at radius 2 is 1.35 bits per heavy atom. The van der Waals surface area contributed by atoms with Gasteiger partial charge in [-0.25, -0.2) is 4.79 Å². The van der Waals surface area contributed by atoms with Crippen LogP contribution in [0.15, 0.2) is 66.7 Å². The number of carboxylic acids is 1. The predicted octanol–water partition coefficient (Wildman–Crippen LogP) is 4.21. The van der Waals surface area contributed by atoms with Crippen molar-refractivity contribution < 1.29 is 42.6 Å². The summed E-state index contributed by atoms with van der Waals surface area (Å²) in [6.45, 7) is 0. The van der Waals surface area contributed by atoms with Crippen LogP contribution in [0.4, 0.5) is 18.9 Å². The second-order valence-electron chi connectivity index (χ2n) is 10.4. The number of carboxylic acid groups (broad SMARTS) is 1. The summed E-state index contributed by atoms with van der Waals surface area (Å²) in [6, 6.07) is 19.0. The number of halogens is 3. The number of fused-ring (bicyclic) bond motifs is 2. The molecule has 1 atom stereocenters. The predicted molar refractivity (Wildman–Crippen MR) is 151 cm³/mol. The van der Waals surface area contributed by atoms with Crippen molar-refractivity contribution in [2.75, 3.05) is 5.32 Å². The second kappa shape index (κ2) is 13.1. The lowest BCUT2D eigenvalue weighted by molar-refractivity contribution is -0.192. The van der Waals surface area contributed by atoms with Crippen LogP contribution in [-0.4, -0.2) is 58.0 Å². The Morgan fingerprint density at radius 1 is 0.837 bits per heavy atom. The molecule has 0 spiro atoms. The van der Waals surface area contributed by atoms with E-state index >= 15 is 0 Å². The number of nitrogens with one attached hydrogen (secondary N) is 2. The standard InChI is InChI=1S/C29H29N3O4.C2HF3O2/c30-22(16-17-6-2-1-3-7-17)29(36)32-19-12-10-18(11-13-19)31-23-14-15-24(33)26-25(23)27(34)20-8-4-5-9-21(20)28(26)35;3-2(4,5)1(6)7/h1-9,14-15,18-19,22,31,33H,10-13,16,30H2,(H,32,36);(H,6,7)/t18?,19?,22-;/m0./s1. The number of nitrogens with two attached hydrogens (primary N) is 1. The molecule has 1 amide bonds. The molecule has 0 heterocycles. The van der Waals surface area contributed by atoms with Crippen molar-refractivity contribution in [3.63, 3.8) is 0 Å². The van der Waals surface area contributed by atoms with Crippen molar-refractivity contribution in [3.8, 4) is 5.75 Å². The quantitative estimate of drug-likeness (QED) is 0.207. The van der Waals surface area contributed by atoms with Crippen LogP contribution in [0.3, 0.4) is 0 Å². The van der Waals surface area contributed by atoms with Gasteiger partial charge < -0.3 is 26.6 Å². The fourth-order valence-electron chi connectivity index (χ4n) is 5.20. The first-order valence-corrected chi connectivity index (χ1v) is 13.6. The van der Waals surface area contributed by atoms with Gasteiger partial charge in [0.05, 0.1) is 17.2 Å². The molecule has 5 rings (SSSR count). The zero-order valence-electron chi connectivity index (χ0n) is 22.9. The number of aromatic hydroxyl groups is 1. The van der Waals surface area contributed by atoms with Crippen molar-refractivity contribution in [3.05, 3.63) is 94.5 Å². The molecular formula is C31H30F3N3O6. The summed E-state index contributed by atoms with van der Waals surface area (Å²) >= 11 is 0. The van der Waals surface area contributed by atoms with Crippen molar-refractivity contribution >= 4 is 29.1 Å². The highest BCUT2D eigenvalue weighted by Gasteiger charge is 2.38. The van der Waals surface area contributed by atoms with Crippen LogP contribution < -0.4 is 16.4 Å². The number of phenolic OH excluding ortho intramolecular Hbond substituents is 1. The highest BCUT2D eigenvalue weighted by molar-refractivity contribution is 6.31. The van der Waals surface area contributed by atoms with E-state index in [-0.39, 0.29) is 46.4 Å². The van der Waals surface area contributed by atoms with Gasteiger partial charge in [0.2, 0.25) is 5.91 Å². The van der Waals surface area contributed by atoms with Crippen molar-refractivity contribution in [2.45, 2.75) is 56.4 Å². The lowest BCUT2D eigenvalue weighted by Gasteiger charge is -2.32. The Kier molecular flexibility index (Phi) is 9.50. The molecule has 0 aromatic heterocycles. The average molecular weight is 598 g/mol. The molecule has 0 aliphatic heterocycles. The minimum atomic E-state index is -5.08. The van der Waals surface area contributed by atoms with Crippen LogP contribution in [0.5, 0.6) is 5.75 Å². The highest BCUT2D eigenvalue weighted by atomic mass is 19.4. The zero-order chi connectivity index (χ0) is 31.3. The van der Waals surface area contributed by atoms with E-state index in [1.807, 2.05) is 30.3 Å². The maximum Gasteiger partial charge on any atom is 0.490 e. The van der Waals surface area contributed by atoms with E-state index in [2.05, 4.69) is 10.6 Å².